The van der Waals surface area contributed by atoms with Crippen LogP contribution in [0.4, 0.5) is 0 Å². The zero-order valence-corrected chi connectivity index (χ0v) is 16.5. The van der Waals surface area contributed by atoms with E-state index in [1.54, 1.807) is 60.5 Å². The highest BCUT2D eigenvalue weighted by atomic mass is 35.5. The number of hydrogen-bond acceptors (Lipinski definition) is 4. The number of aromatic carboxylic acids is 1. The standard InChI is InChI=1S/C9H7ClN2O.C9H8N2O2.C2H6/c1-12-5-11-7-3-2-6(9(10)13)4-8(7)12;1-11-5-10-7-3-2-6(9(12)13)4-8(7)11;1-2/h2-5H,1H3;2-5H,1H3,(H,12,13);1-2H3/i;;1D. The Labute approximate surface area is 168 Å². The SMILES string of the molecule is Cn1cnc2ccc(C(=O)Cl)cc21.Cn1cnc2ccc(C(=O)O)cc21.[2H]CC. The Kier molecular flexibility index (Phi) is 6.39. The highest BCUT2D eigenvalue weighted by Gasteiger charge is 2.06. The van der Waals surface area contributed by atoms with E-state index in [2.05, 4.69) is 9.97 Å². The number of carbonyl (C=O) groups excluding carboxylic acids is 1. The first-order chi connectivity index (χ1) is 13.8. The van der Waals surface area contributed by atoms with E-state index in [1.807, 2.05) is 18.7 Å². The molecule has 0 aliphatic carbocycles. The van der Waals surface area contributed by atoms with Crippen molar-refractivity contribution in [3.05, 3.63) is 60.2 Å². The molecule has 0 spiro atoms. The summed E-state index contributed by atoms with van der Waals surface area (Å²) >= 11 is 5.35. The van der Waals surface area contributed by atoms with Gasteiger partial charge in [-0.25, -0.2) is 14.8 Å². The molecule has 4 aromatic rings. The van der Waals surface area contributed by atoms with E-state index >= 15 is 0 Å². The Bertz CT molecular complexity index is 1060. The lowest BCUT2D eigenvalue weighted by atomic mass is 10.2. The highest BCUT2D eigenvalue weighted by molar-refractivity contribution is 6.67. The maximum Gasteiger partial charge on any atom is 0.335 e. The first-order valence-corrected chi connectivity index (χ1v) is 8.70. The lowest BCUT2D eigenvalue weighted by Crippen LogP contribution is -1.96. The van der Waals surface area contributed by atoms with Gasteiger partial charge in [-0.15, -0.1) is 0 Å². The summed E-state index contributed by atoms with van der Waals surface area (Å²) in [7, 11) is 3.71. The van der Waals surface area contributed by atoms with Gasteiger partial charge in [0, 0.05) is 21.0 Å². The molecule has 146 valence electrons. The van der Waals surface area contributed by atoms with Crippen LogP contribution in [-0.2, 0) is 14.1 Å². The zero-order valence-electron chi connectivity index (χ0n) is 16.8. The number of aryl methyl sites for hydroxylation is 2. The van der Waals surface area contributed by atoms with E-state index in [0.29, 0.717) is 12.5 Å². The molecule has 0 atom stereocenters. The van der Waals surface area contributed by atoms with Crippen LogP contribution in [0.15, 0.2) is 49.1 Å². The van der Waals surface area contributed by atoms with Crippen LogP contribution in [0, 0.1) is 0 Å². The van der Waals surface area contributed by atoms with Crippen LogP contribution in [0.3, 0.4) is 0 Å². The smallest absolute Gasteiger partial charge is 0.335 e. The number of carboxylic acid groups (broad SMARTS) is 1. The van der Waals surface area contributed by atoms with Crippen molar-refractivity contribution in [2.45, 2.75) is 13.8 Å². The van der Waals surface area contributed by atoms with Crippen LogP contribution in [0.2, 0.25) is 0 Å². The molecule has 0 saturated heterocycles. The predicted molar refractivity (Wildman–Crippen MR) is 110 cm³/mol. The van der Waals surface area contributed by atoms with Crippen LogP contribution in [0.5, 0.6) is 0 Å². The average molecular weight is 402 g/mol. The summed E-state index contributed by atoms with van der Waals surface area (Å²) in [5, 5.41) is 8.30. The van der Waals surface area contributed by atoms with Crippen molar-refractivity contribution in [3.63, 3.8) is 0 Å². The molecule has 4 rings (SSSR count). The maximum absolute atomic E-state index is 10.9. The van der Waals surface area contributed by atoms with Crippen molar-refractivity contribution in [3.8, 4) is 0 Å². The first-order valence-electron chi connectivity index (χ1n) is 9.03. The molecule has 2 aromatic heterocycles. The number of aromatic nitrogens is 4. The van der Waals surface area contributed by atoms with Gasteiger partial charge in [-0.3, -0.25) is 4.79 Å². The van der Waals surface area contributed by atoms with E-state index in [0.717, 1.165) is 22.1 Å². The van der Waals surface area contributed by atoms with E-state index in [1.165, 1.54) is 0 Å². The van der Waals surface area contributed by atoms with Gasteiger partial charge in [0.15, 0.2) is 0 Å². The van der Waals surface area contributed by atoms with Crippen molar-refractivity contribution in [2.24, 2.45) is 14.1 Å². The lowest BCUT2D eigenvalue weighted by molar-refractivity contribution is 0.0697. The van der Waals surface area contributed by atoms with Gasteiger partial charge in [0.25, 0.3) is 5.24 Å². The Hall–Kier alpha value is -3.19. The first kappa shape index (κ1) is 19.6. The maximum atomic E-state index is 10.9. The Balaban J connectivity index is 0.000000183. The average Bonchev–Trinajstić information content (AvgIpc) is 3.25. The van der Waals surface area contributed by atoms with E-state index in [4.69, 9.17) is 18.1 Å². The Morgan fingerprint density at radius 1 is 0.964 bits per heavy atom. The van der Waals surface area contributed by atoms with Gasteiger partial charge >= 0.3 is 5.97 Å². The Morgan fingerprint density at radius 3 is 1.82 bits per heavy atom. The monoisotopic (exact) mass is 401 g/mol. The molecule has 7 nitrogen and oxygen atoms in total. The number of carbonyl (C=O) groups is 2. The quantitative estimate of drug-likeness (QED) is 0.507. The van der Waals surface area contributed by atoms with Crippen molar-refractivity contribution in [1.82, 2.24) is 19.1 Å². The second-order valence-electron chi connectivity index (χ2n) is 5.70. The van der Waals surface area contributed by atoms with Crippen molar-refractivity contribution in [1.29, 1.82) is 0 Å². The van der Waals surface area contributed by atoms with Gasteiger partial charge in [-0.1, -0.05) is 13.8 Å². The molecular formula is C20H21ClN4O3. The van der Waals surface area contributed by atoms with Crippen LogP contribution >= 0.6 is 11.6 Å². The largest absolute Gasteiger partial charge is 0.478 e. The minimum atomic E-state index is -0.914. The van der Waals surface area contributed by atoms with E-state index in [-0.39, 0.29) is 5.56 Å². The molecule has 2 aromatic carbocycles. The molecule has 0 unspecified atom stereocenters. The number of nitrogens with zero attached hydrogens (tertiary/aromatic N) is 4. The zero-order chi connectivity index (χ0) is 21.6. The minimum Gasteiger partial charge on any atom is -0.478 e. The summed E-state index contributed by atoms with van der Waals surface area (Å²) in [6.07, 6.45) is 3.36. The molecule has 2 heterocycles. The third-order valence-electron chi connectivity index (χ3n) is 3.92. The summed E-state index contributed by atoms with van der Waals surface area (Å²) in [6, 6.07) is 10.1. The number of hydrogen-bond donors (Lipinski definition) is 1. The molecule has 1 N–H and O–H groups in total. The van der Waals surface area contributed by atoms with Crippen molar-refractivity contribution >= 4 is 44.9 Å². The summed E-state index contributed by atoms with van der Waals surface area (Å²) < 4.78 is 9.85. The van der Waals surface area contributed by atoms with Gasteiger partial charge in [-0.2, -0.15) is 0 Å². The molecule has 0 fully saturated rings. The molecule has 0 aliphatic heterocycles. The second-order valence-corrected chi connectivity index (χ2v) is 6.04. The molecule has 28 heavy (non-hydrogen) atoms. The summed E-state index contributed by atoms with van der Waals surface area (Å²) in [4.78, 5) is 29.7. The third-order valence-corrected chi connectivity index (χ3v) is 4.14. The van der Waals surface area contributed by atoms with E-state index in [9.17, 15) is 9.59 Å². The highest BCUT2D eigenvalue weighted by Crippen LogP contribution is 2.15. The van der Waals surface area contributed by atoms with Gasteiger partial charge in [0.1, 0.15) is 0 Å². The summed E-state index contributed by atoms with van der Waals surface area (Å²) in [5.41, 5.74) is 4.21. The van der Waals surface area contributed by atoms with Crippen LogP contribution in [0.1, 0.15) is 35.9 Å². The van der Waals surface area contributed by atoms with Gasteiger partial charge in [0.2, 0.25) is 0 Å². The normalized spacial score (nSPS) is 10.5. The van der Waals surface area contributed by atoms with Crippen LogP contribution in [-0.4, -0.2) is 35.4 Å². The topological polar surface area (TPSA) is 90.0 Å². The molecule has 0 amide bonds. The Morgan fingerprint density at radius 2 is 1.39 bits per heavy atom. The number of halogens is 1. The van der Waals surface area contributed by atoms with Crippen LogP contribution < -0.4 is 0 Å². The molecule has 0 saturated carbocycles. The van der Waals surface area contributed by atoms with Gasteiger partial charge in [0.05, 0.1) is 40.3 Å². The number of benzene rings is 2. The molecular weight excluding hydrogens is 380 g/mol. The molecule has 0 bridgehead atoms. The fourth-order valence-electron chi connectivity index (χ4n) is 2.51. The molecule has 0 radical (unpaired) electrons. The van der Waals surface area contributed by atoms with E-state index < -0.39 is 11.2 Å². The fourth-order valence-corrected chi connectivity index (χ4v) is 2.63. The third kappa shape index (κ3) is 4.55. The second kappa shape index (κ2) is 9.14. The number of carboxylic acids is 1. The number of fused-ring (bicyclic) bond motifs is 2. The minimum absolute atomic E-state index is 0.288. The molecule has 0 aliphatic rings. The van der Waals surface area contributed by atoms with Gasteiger partial charge < -0.3 is 14.2 Å². The summed E-state index contributed by atoms with van der Waals surface area (Å²) in [5.74, 6) is -0.914. The van der Waals surface area contributed by atoms with Gasteiger partial charge in [-0.05, 0) is 48.0 Å². The summed E-state index contributed by atoms with van der Waals surface area (Å²) in [6.45, 7) is 2.29. The lowest BCUT2D eigenvalue weighted by Gasteiger charge is -1.96. The van der Waals surface area contributed by atoms with Crippen molar-refractivity contribution < 1.29 is 16.1 Å². The number of rotatable bonds is 2. The predicted octanol–water partition coefficient (Wildman–Crippen LogP) is 4.25. The fraction of sp³-hybridized carbons (Fsp3) is 0.200. The van der Waals surface area contributed by atoms with Crippen molar-refractivity contribution in [2.75, 3.05) is 0 Å². The number of imidazole rings is 2. The molecule has 8 heteroatoms. The van der Waals surface area contributed by atoms with Crippen LogP contribution in [0.25, 0.3) is 22.1 Å².